The zero-order valence-corrected chi connectivity index (χ0v) is 16.1. The third-order valence-electron chi connectivity index (χ3n) is 3.83. The molecule has 3 aromatic rings. The monoisotopic (exact) mass is 383 g/mol. The van der Waals surface area contributed by atoms with Crippen molar-refractivity contribution in [2.75, 3.05) is 23.8 Å². The summed E-state index contributed by atoms with van der Waals surface area (Å²) in [6.45, 7) is 5.02. The van der Waals surface area contributed by atoms with Gasteiger partial charge < -0.3 is 14.1 Å². The predicted molar refractivity (Wildman–Crippen MR) is 106 cm³/mol. The van der Waals surface area contributed by atoms with Gasteiger partial charge in [0.2, 0.25) is 5.91 Å². The van der Waals surface area contributed by atoms with E-state index in [1.165, 1.54) is 11.8 Å². The molecule has 0 N–H and O–H groups in total. The first-order valence-corrected chi connectivity index (χ1v) is 9.75. The Labute approximate surface area is 162 Å². The number of hydrogen-bond donors (Lipinski definition) is 0. The number of aromatic nitrogens is 2. The van der Waals surface area contributed by atoms with Gasteiger partial charge in [-0.25, -0.2) is 0 Å². The van der Waals surface area contributed by atoms with Gasteiger partial charge in [-0.05, 0) is 38.1 Å². The first-order valence-electron chi connectivity index (χ1n) is 8.76. The van der Waals surface area contributed by atoms with Gasteiger partial charge in [-0.2, -0.15) is 0 Å². The summed E-state index contributed by atoms with van der Waals surface area (Å²) in [6.07, 6.45) is 0. The summed E-state index contributed by atoms with van der Waals surface area (Å²) in [5, 5.41) is 8.49. The van der Waals surface area contributed by atoms with Gasteiger partial charge in [0.05, 0.1) is 17.9 Å². The van der Waals surface area contributed by atoms with Crippen molar-refractivity contribution in [3.8, 4) is 17.2 Å². The lowest BCUT2D eigenvalue weighted by molar-refractivity contribution is -0.116. The highest BCUT2D eigenvalue weighted by Crippen LogP contribution is 2.30. The first-order chi connectivity index (χ1) is 13.2. The topological polar surface area (TPSA) is 68.5 Å². The minimum atomic E-state index is -0.0110. The van der Waals surface area contributed by atoms with Gasteiger partial charge in [-0.1, -0.05) is 42.1 Å². The fourth-order valence-electron chi connectivity index (χ4n) is 2.61. The van der Waals surface area contributed by atoms with Crippen molar-refractivity contribution in [1.82, 2.24) is 10.2 Å². The molecule has 0 atom stereocenters. The number of carbonyl (C=O) groups excluding carboxylic acids is 1. The lowest BCUT2D eigenvalue weighted by Crippen LogP contribution is -2.32. The predicted octanol–water partition coefficient (Wildman–Crippen LogP) is 4.28. The number of ether oxygens (including phenoxy) is 1. The Bertz CT molecular complexity index is 883. The maximum Gasteiger partial charge on any atom is 0.277 e. The Hall–Kier alpha value is -2.80. The number of carbonyl (C=O) groups is 1. The summed E-state index contributed by atoms with van der Waals surface area (Å²) in [5.41, 5.74) is 1.62. The number of rotatable bonds is 8. The second kappa shape index (κ2) is 9.23. The smallest absolute Gasteiger partial charge is 0.277 e. The van der Waals surface area contributed by atoms with Crippen LogP contribution in [0.5, 0.6) is 5.75 Å². The first kappa shape index (κ1) is 19.0. The van der Waals surface area contributed by atoms with E-state index in [0.717, 1.165) is 11.3 Å². The lowest BCUT2D eigenvalue weighted by atomic mass is 10.2. The molecular formula is C20H21N3O3S. The molecule has 0 unspecified atom stereocenters. The van der Waals surface area contributed by atoms with Crippen molar-refractivity contribution in [2.24, 2.45) is 0 Å². The van der Waals surface area contributed by atoms with Gasteiger partial charge in [-0.15, -0.1) is 10.2 Å². The normalized spacial score (nSPS) is 10.6. The average molecular weight is 383 g/mol. The van der Waals surface area contributed by atoms with E-state index in [-0.39, 0.29) is 11.7 Å². The molecule has 0 aliphatic carbocycles. The molecule has 1 amide bonds. The summed E-state index contributed by atoms with van der Waals surface area (Å²) >= 11 is 1.23. The summed E-state index contributed by atoms with van der Waals surface area (Å²) < 4.78 is 11.3. The van der Waals surface area contributed by atoms with E-state index in [2.05, 4.69) is 10.2 Å². The lowest BCUT2D eigenvalue weighted by Gasteiger charge is -2.20. The van der Waals surface area contributed by atoms with Crippen molar-refractivity contribution >= 4 is 23.4 Å². The molecule has 0 radical (unpaired) electrons. The van der Waals surface area contributed by atoms with Crippen LogP contribution in [0.3, 0.4) is 0 Å². The number of hydrogen-bond acceptors (Lipinski definition) is 6. The van der Waals surface area contributed by atoms with Gasteiger partial charge in [0, 0.05) is 12.2 Å². The van der Waals surface area contributed by atoms with Crippen LogP contribution in [0.4, 0.5) is 5.69 Å². The summed E-state index contributed by atoms with van der Waals surface area (Å²) in [4.78, 5) is 14.3. The van der Waals surface area contributed by atoms with Crippen molar-refractivity contribution in [3.63, 3.8) is 0 Å². The van der Waals surface area contributed by atoms with Crippen LogP contribution in [0.1, 0.15) is 13.8 Å². The summed E-state index contributed by atoms with van der Waals surface area (Å²) in [7, 11) is 0. The third-order valence-corrected chi connectivity index (χ3v) is 4.63. The molecule has 1 heterocycles. The number of anilines is 1. The molecule has 0 spiro atoms. The van der Waals surface area contributed by atoms with Crippen molar-refractivity contribution in [2.45, 2.75) is 19.1 Å². The van der Waals surface area contributed by atoms with Crippen molar-refractivity contribution in [1.29, 1.82) is 0 Å². The van der Waals surface area contributed by atoms with Crippen LogP contribution in [0, 0.1) is 0 Å². The van der Waals surface area contributed by atoms with Crippen LogP contribution in [0.25, 0.3) is 11.5 Å². The van der Waals surface area contributed by atoms with Gasteiger partial charge in [0.25, 0.3) is 11.1 Å². The number of nitrogens with zero attached hydrogens (tertiary/aromatic N) is 3. The molecule has 0 fully saturated rings. The molecule has 140 valence electrons. The molecule has 27 heavy (non-hydrogen) atoms. The highest BCUT2D eigenvalue weighted by atomic mass is 32.2. The number of benzene rings is 2. The number of amides is 1. The van der Waals surface area contributed by atoms with E-state index in [1.54, 1.807) is 4.90 Å². The molecule has 0 saturated heterocycles. The Kier molecular flexibility index (Phi) is 6.49. The van der Waals surface area contributed by atoms with E-state index < -0.39 is 0 Å². The van der Waals surface area contributed by atoms with Crippen molar-refractivity contribution < 1.29 is 13.9 Å². The zero-order valence-electron chi connectivity index (χ0n) is 15.3. The Balaban J connectivity index is 1.67. The number of thioether (sulfide) groups is 1. The van der Waals surface area contributed by atoms with E-state index >= 15 is 0 Å². The van der Waals surface area contributed by atoms with Crippen LogP contribution in [-0.2, 0) is 4.79 Å². The van der Waals surface area contributed by atoms with Crippen LogP contribution in [0.2, 0.25) is 0 Å². The fourth-order valence-corrected chi connectivity index (χ4v) is 3.25. The quantitative estimate of drug-likeness (QED) is 0.541. The van der Waals surface area contributed by atoms with Crippen LogP contribution < -0.4 is 9.64 Å². The van der Waals surface area contributed by atoms with E-state index in [1.807, 2.05) is 68.4 Å². The second-order valence-corrected chi connectivity index (χ2v) is 6.49. The molecule has 0 aliphatic rings. The highest BCUT2D eigenvalue weighted by molar-refractivity contribution is 7.99. The van der Waals surface area contributed by atoms with Gasteiger partial charge in [0.15, 0.2) is 0 Å². The molecule has 2 aromatic carbocycles. The van der Waals surface area contributed by atoms with Crippen LogP contribution >= 0.6 is 11.8 Å². The van der Waals surface area contributed by atoms with Crippen LogP contribution in [0.15, 0.2) is 64.2 Å². The molecule has 6 nitrogen and oxygen atoms in total. The van der Waals surface area contributed by atoms with E-state index in [0.29, 0.717) is 30.0 Å². The van der Waals surface area contributed by atoms with E-state index in [9.17, 15) is 4.79 Å². The molecular weight excluding hydrogens is 362 g/mol. The Morgan fingerprint density at radius 3 is 2.56 bits per heavy atom. The number of para-hydroxylation sites is 2. The third kappa shape index (κ3) is 4.68. The molecule has 7 heteroatoms. The van der Waals surface area contributed by atoms with Gasteiger partial charge in [0.1, 0.15) is 5.75 Å². The van der Waals surface area contributed by atoms with Crippen molar-refractivity contribution in [3.05, 3.63) is 54.6 Å². The standard InChI is InChI=1S/C20H21N3O3S/c1-3-23(15-10-6-5-7-11-15)18(24)14-27-20-22-21-19(26-20)16-12-8-9-13-17(16)25-4-2/h5-13H,3-4,14H2,1-2H3. The Morgan fingerprint density at radius 1 is 1.07 bits per heavy atom. The van der Waals surface area contributed by atoms with Gasteiger partial charge >= 0.3 is 0 Å². The average Bonchev–Trinajstić information content (AvgIpc) is 3.17. The van der Waals surface area contributed by atoms with Gasteiger partial charge in [-0.3, -0.25) is 4.79 Å². The van der Waals surface area contributed by atoms with E-state index in [4.69, 9.17) is 9.15 Å². The largest absolute Gasteiger partial charge is 0.493 e. The minimum Gasteiger partial charge on any atom is -0.493 e. The molecule has 1 aromatic heterocycles. The fraction of sp³-hybridized carbons (Fsp3) is 0.250. The molecule has 0 saturated carbocycles. The maximum absolute atomic E-state index is 12.6. The second-order valence-electron chi connectivity index (χ2n) is 5.56. The summed E-state index contributed by atoms with van der Waals surface area (Å²) in [5.74, 6) is 1.28. The minimum absolute atomic E-state index is 0.0110. The maximum atomic E-state index is 12.6. The Morgan fingerprint density at radius 2 is 1.81 bits per heavy atom. The zero-order chi connectivity index (χ0) is 19.1. The molecule has 0 aliphatic heterocycles. The SMILES string of the molecule is CCOc1ccccc1-c1nnc(SCC(=O)N(CC)c2ccccc2)o1. The van der Waals surface area contributed by atoms with Crippen LogP contribution in [-0.4, -0.2) is 35.0 Å². The highest BCUT2D eigenvalue weighted by Gasteiger charge is 2.17. The molecule has 0 bridgehead atoms. The molecule has 3 rings (SSSR count). The summed E-state index contributed by atoms with van der Waals surface area (Å²) in [6, 6.07) is 17.1.